The topological polar surface area (TPSA) is 400 Å². The van der Waals surface area contributed by atoms with Gasteiger partial charge in [0.1, 0.15) is 66.1 Å². The average molecular weight is 1890 g/mol. The molecule has 0 radical (unpaired) electrons. The standard InChI is InChI=1S/C50H57N7O8.C48H54N6O7.C7H13NO4.2H2/c1-26(2)44(54-49(60)63-6)47(58)56-16-8-9-41(56)46-52-38-15-11-30(20-39(38)53-46)29-10-13-33-32(18-29)25-65-43-22-34-31(19-36(33)43)12-14-37-35(34)21-40(51-37)42-17-28(24-62-5)23-57(42)48(59)45(27(3)4)55-50(61)64-7;1-26(2)43(52-46(56)59-7)45(55)53-16-8-9-40(53)44-50-37-15-11-29(20-38(37)51-44)28-10-13-32-31(18-28)25-60-42-22-33-30(19-35(32)42)12-14-36-34(33)21-39(49-36)41-17-27(24-58-6)23-54(41)47(57)61-48(3,4)5;1-4(2)5(6(9)10)8-7(11)12-3;;/h10-15,18-20,22,26-28,41-42,44-45H,8-9,16-17,21,23-25H2,1-7H3,(H,52,53)(H,54,60)(H,55,61);10-15,18-20,22,26-27,40-41,43H,8-9,16-17,21,23-25H2,1-7H3,(H,50,51)(H,52,56);4-5H,1-3H3,(H,8,11)(H,9,10);2*1H/t28-,41-,42-,44-,45-;27-,40-,41-,43-;5-;;/m000../s1. The number of hydrogen-bond acceptors (Lipinski definition) is 22. The van der Waals surface area contributed by atoms with E-state index in [1.54, 1.807) is 28.1 Å². The smallest absolute Gasteiger partial charge is 0.410 e. The third kappa shape index (κ3) is 20.4. The van der Waals surface area contributed by atoms with Gasteiger partial charge in [0.05, 0.1) is 99.3 Å². The number of carbonyl (C=O) groups excluding carboxylic acids is 8. The summed E-state index contributed by atoms with van der Waals surface area (Å²) < 4.78 is 48.6. The molecule has 10 heterocycles. The van der Waals surface area contributed by atoms with Crippen molar-refractivity contribution in [3.8, 4) is 56.0 Å². The van der Waals surface area contributed by atoms with Crippen molar-refractivity contribution in [3.05, 3.63) is 155 Å². The van der Waals surface area contributed by atoms with Crippen molar-refractivity contribution in [2.24, 2.45) is 45.5 Å². The number of hydrogen-bond donors (Lipinski definition) is 7. The van der Waals surface area contributed by atoms with E-state index in [1.807, 2.05) is 94.0 Å². The molecule has 18 rings (SSSR count). The van der Waals surface area contributed by atoms with Gasteiger partial charge in [-0.1, -0.05) is 104 Å². The number of aromatic nitrogens is 4. The fourth-order valence-electron chi connectivity index (χ4n) is 20.5. The van der Waals surface area contributed by atoms with Gasteiger partial charge in [0.25, 0.3) is 0 Å². The summed E-state index contributed by atoms with van der Waals surface area (Å²) in [5, 5.41) is 23.4. The maximum absolute atomic E-state index is 14.1. The maximum atomic E-state index is 14.1. The van der Waals surface area contributed by atoms with Crippen molar-refractivity contribution in [1.82, 2.24) is 60.8 Å². The molecule has 8 aliphatic heterocycles. The van der Waals surface area contributed by atoms with Crippen LogP contribution in [0.1, 0.15) is 164 Å². The van der Waals surface area contributed by atoms with Gasteiger partial charge in [0, 0.05) is 90.5 Å². The fraction of sp³-hybridized carbons (Fsp3) is 0.457. The number of amides is 8. The number of imidazole rings is 2. The van der Waals surface area contributed by atoms with Gasteiger partial charge in [-0.25, -0.2) is 38.7 Å². The molecular weight excluding hydrogens is 1760 g/mol. The van der Waals surface area contributed by atoms with E-state index in [4.69, 9.17) is 63.0 Å². The zero-order valence-corrected chi connectivity index (χ0v) is 81.3. The van der Waals surface area contributed by atoms with Gasteiger partial charge in [-0.3, -0.25) is 29.3 Å². The van der Waals surface area contributed by atoms with Crippen molar-refractivity contribution in [2.75, 3.05) is 82.1 Å². The van der Waals surface area contributed by atoms with Crippen molar-refractivity contribution < 1.29 is 93.7 Å². The first kappa shape index (κ1) is 97.4. The molecule has 4 saturated heterocycles. The van der Waals surface area contributed by atoms with Crippen LogP contribution in [0.4, 0.5) is 35.3 Å². The molecule has 0 bridgehead atoms. The van der Waals surface area contributed by atoms with Crippen LogP contribution in [0.5, 0.6) is 11.5 Å². The van der Waals surface area contributed by atoms with Crippen molar-refractivity contribution in [2.45, 2.75) is 195 Å². The first-order valence-electron chi connectivity index (χ1n) is 47.5. The van der Waals surface area contributed by atoms with Gasteiger partial charge >= 0.3 is 36.4 Å². The van der Waals surface area contributed by atoms with Gasteiger partial charge in [-0.05, 0) is 233 Å². The molecule has 0 saturated carbocycles. The molecular formula is C105H128N14O19. The van der Waals surface area contributed by atoms with E-state index >= 15 is 0 Å². The Morgan fingerprint density at radius 1 is 0.457 bits per heavy atom. The molecule has 33 nitrogen and oxygen atoms in total. The Morgan fingerprint density at radius 3 is 1.22 bits per heavy atom. The molecule has 4 fully saturated rings. The normalized spacial score (nSPS) is 19.2. The lowest BCUT2D eigenvalue weighted by Gasteiger charge is -2.31. The molecule has 33 heteroatoms. The minimum absolute atomic E-state index is 0. The average Bonchev–Trinajstić information content (AvgIpc) is 1.63. The molecule has 2 aromatic heterocycles. The van der Waals surface area contributed by atoms with E-state index in [0.29, 0.717) is 65.4 Å². The van der Waals surface area contributed by atoms with Crippen LogP contribution in [0, 0.1) is 35.5 Å². The van der Waals surface area contributed by atoms with Crippen LogP contribution in [0.3, 0.4) is 0 Å². The van der Waals surface area contributed by atoms with Gasteiger partial charge in [0.15, 0.2) is 0 Å². The molecule has 10 aromatic rings. The summed E-state index contributed by atoms with van der Waals surface area (Å²) >= 11 is 0. The number of methoxy groups -OCH3 is 6. The summed E-state index contributed by atoms with van der Waals surface area (Å²) in [6, 6.07) is 38.8. The number of carboxylic acids is 1. The number of carbonyl (C=O) groups is 9. The number of fused-ring (bicyclic) bond motifs is 14. The van der Waals surface area contributed by atoms with E-state index in [1.165, 1.54) is 28.4 Å². The Balaban J connectivity index is 0.000000197. The van der Waals surface area contributed by atoms with Crippen LogP contribution in [0.2, 0.25) is 0 Å². The lowest BCUT2D eigenvalue weighted by Crippen LogP contribution is -2.53. The zero-order chi connectivity index (χ0) is 98.1. The summed E-state index contributed by atoms with van der Waals surface area (Å²) in [4.78, 5) is 147. The third-order valence-electron chi connectivity index (χ3n) is 27.4. The number of nitrogens with one attached hydrogen (secondary N) is 6. The Morgan fingerprint density at radius 2 is 0.833 bits per heavy atom. The first-order valence-corrected chi connectivity index (χ1v) is 47.5. The summed E-state index contributed by atoms with van der Waals surface area (Å²) in [6.07, 6.45) is 3.09. The van der Waals surface area contributed by atoms with Crippen molar-refractivity contribution >= 4 is 121 Å². The molecule has 138 heavy (non-hydrogen) atoms. The number of rotatable bonds is 22. The highest BCUT2D eigenvalue weighted by Crippen LogP contribution is 2.49. The Bertz CT molecular complexity index is 6460. The predicted octanol–water partition coefficient (Wildman–Crippen LogP) is 17.7. The molecule has 8 aliphatic rings. The first-order chi connectivity index (χ1) is 66.1. The number of benzene rings is 8. The summed E-state index contributed by atoms with van der Waals surface area (Å²) in [5.41, 5.74) is 19.6. The minimum atomic E-state index is -1.06. The fourth-order valence-corrected chi connectivity index (χ4v) is 20.5. The number of ether oxygens (including phenoxy) is 9. The van der Waals surface area contributed by atoms with E-state index in [2.05, 4.69) is 145 Å². The third-order valence-corrected chi connectivity index (χ3v) is 27.4. The summed E-state index contributed by atoms with van der Waals surface area (Å²) in [7, 11) is 8.46. The van der Waals surface area contributed by atoms with Crippen LogP contribution in [-0.4, -0.2) is 234 Å². The zero-order valence-electron chi connectivity index (χ0n) is 81.3. The number of aliphatic carboxylic acids is 1. The Hall–Kier alpha value is -13.7. The van der Waals surface area contributed by atoms with Crippen LogP contribution in [0.25, 0.3) is 88.1 Å². The van der Waals surface area contributed by atoms with Crippen molar-refractivity contribution in [3.63, 3.8) is 0 Å². The molecule has 10 atom stereocenters. The number of aromatic amines is 2. The number of aliphatic imine (C=N–C) groups is 2. The number of H-pyrrole nitrogens is 2. The second-order valence-electron chi connectivity index (χ2n) is 39.3. The monoisotopic (exact) mass is 1890 g/mol. The SMILES string of the molecule is COC(=O)N[C@H](C(=O)O)C(C)C.COC[C@H]1C[C@@H](C2=Nc3ccc4cc5c(cc4c3C2)OCc2cc(-c3ccc4nc([C@@H]6CCCN6C(=O)[C@@H](NC(=O)OC)C(C)C)[nH]c4c3)ccc2-5)N(C(=O)OC(C)(C)C)C1.COC[C@H]1C[C@@H](C2=Nc3ccc4cc5c(cc4c3C2)OCc2cc(-c3ccc4nc([C@@H]6CCCN6C(=O)[C@@H](NC(=O)OC)C(C)C)[nH]c4c3)ccc2-5)N(C(=O)[C@@H](NC(=O)OC)C(C)C)C1.[HH].[HH]. The molecule has 732 valence electrons. The Labute approximate surface area is 804 Å². The highest BCUT2D eigenvalue weighted by atomic mass is 16.6. The molecule has 0 spiro atoms. The molecule has 8 aromatic carbocycles. The number of alkyl carbamates (subject to hydrolysis) is 4. The lowest BCUT2D eigenvalue weighted by molar-refractivity contribution is -0.140. The van der Waals surface area contributed by atoms with Gasteiger partial charge in [-0.15, -0.1) is 0 Å². The molecule has 8 amide bonds. The Kier molecular flexibility index (Phi) is 28.9. The van der Waals surface area contributed by atoms with Gasteiger partial charge in [0.2, 0.25) is 17.7 Å². The maximum Gasteiger partial charge on any atom is 0.410 e. The minimum Gasteiger partial charge on any atom is -0.488 e. The lowest BCUT2D eigenvalue weighted by atomic mass is 9.90. The molecule has 0 unspecified atom stereocenters. The van der Waals surface area contributed by atoms with Gasteiger partial charge in [-0.2, -0.15) is 0 Å². The van der Waals surface area contributed by atoms with Crippen LogP contribution >= 0.6 is 0 Å². The summed E-state index contributed by atoms with van der Waals surface area (Å²) in [6.45, 7) is 24.8. The van der Waals surface area contributed by atoms with E-state index in [0.717, 1.165) is 195 Å². The number of carboxylic acid groups (broad SMARTS) is 1. The highest BCUT2D eigenvalue weighted by Gasteiger charge is 2.47. The van der Waals surface area contributed by atoms with E-state index < -0.39 is 60.1 Å². The van der Waals surface area contributed by atoms with Crippen LogP contribution < -0.4 is 30.7 Å². The van der Waals surface area contributed by atoms with Crippen molar-refractivity contribution in [1.29, 1.82) is 0 Å². The quantitative estimate of drug-likeness (QED) is 0.0310. The molecule has 7 N–H and O–H groups in total. The molecule has 0 aliphatic carbocycles. The second-order valence-corrected chi connectivity index (χ2v) is 39.3. The van der Waals surface area contributed by atoms with E-state index in [9.17, 15) is 43.2 Å². The number of likely N-dealkylation sites (tertiary alicyclic amines) is 4. The second kappa shape index (κ2) is 40.9. The predicted molar refractivity (Wildman–Crippen MR) is 527 cm³/mol. The van der Waals surface area contributed by atoms with Crippen LogP contribution in [-0.2, 0) is 78.4 Å². The van der Waals surface area contributed by atoms with Gasteiger partial charge < -0.3 is 93.7 Å². The summed E-state index contributed by atoms with van der Waals surface area (Å²) in [5.74, 6) is 1.47. The largest absolute Gasteiger partial charge is 0.488 e. The van der Waals surface area contributed by atoms with Crippen LogP contribution in [0.15, 0.2) is 131 Å². The van der Waals surface area contributed by atoms with E-state index in [-0.39, 0.29) is 86.3 Å². The highest BCUT2D eigenvalue weighted by molar-refractivity contribution is 6.09. The number of nitrogens with zero attached hydrogens (tertiary/aromatic N) is 8.